The highest BCUT2D eigenvalue weighted by molar-refractivity contribution is 7.87. The van der Waals surface area contributed by atoms with Gasteiger partial charge < -0.3 is 0 Å². The molecule has 0 heterocycles. The molecule has 0 saturated heterocycles. The number of hydrogen-bond donors (Lipinski definition) is 0. The molecule has 0 aliphatic rings. The van der Waals surface area contributed by atoms with Crippen LogP contribution in [0.5, 0.6) is 0 Å². The molecule has 0 N–H and O–H groups in total. The lowest BCUT2D eigenvalue weighted by Crippen LogP contribution is -2.36. The van der Waals surface area contributed by atoms with Crippen LogP contribution in [0.4, 0.5) is 0 Å². The third-order valence-electron chi connectivity index (χ3n) is 5.80. The molecule has 2 unspecified atom stereocenters. The molecule has 0 saturated carbocycles. The van der Waals surface area contributed by atoms with Gasteiger partial charge in [-0.3, -0.25) is 13.2 Å². The summed E-state index contributed by atoms with van der Waals surface area (Å²) in [6.07, 6.45) is -3.47. The van der Waals surface area contributed by atoms with Gasteiger partial charge in [0.05, 0.1) is 9.79 Å². The van der Waals surface area contributed by atoms with Crippen molar-refractivity contribution in [2.24, 2.45) is 0 Å². The Morgan fingerprint density at radius 2 is 1.00 bits per heavy atom. The number of benzene rings is 4. The van der Waals surface area contributed by atoms with Crippen molar-refractivity contribution in [3.8, 4) is 0 Å². The molecule has 0 aliphatic heterocycles. The van der Waals surface area contributed by atoms with Crippen LogP contribution in [0.15, 0.2) is 119 Å². The molecule has 38 heavy (non-hydrogen) atoms. The Labute approximate surface area is 222 Å². The molecule has 0 aliphatic carbocycles. The summed E-state index contributed by atoms with van der Waals surface area (Å²) in [5, 5.41) is 0. The zero-order chi connectivity index (χ0) is 27.3. The van der Waals surface area contributed by atoms with E-state index in [1.54, 1.807) is 79.7 Å². The molecule has 0 aromatic heterocycles. The molecule has 0 bridgehead atoms. The Morgan fingerprint density at radius 3 is 1.47 bits per heavy atom. The van der Waals surface area contributed by atoms with E-state index < -0.39 is 38.2 Å². The van der Waals surface area contributed by atoms with E-state index in [1.807, 2.05) is 6.92 Å². The molecule has 0 spiro atoms. The first kappa shape index (κ1) is 27.4. The predicted molar refractivity (Wildman–Crippen MR) is 143 cm³/mol. The summed E-state index contributed by atoms with van der Waals surface area (Å²) in [5.41, 5.74) is 2.05. The lowest BCUT2D eigenvalue weighted by molar-refractivity contribution is 0.0460. The summed E-state index contributed by atoms with van der Waals surface area (Å²) in [6, 6.07) is 27.8. The van der Waals surface area contributed by atoms with E-state index in [2.05, 4.69) is 0 Å². The largest absolute Gasteiger partial charge is 0.297 e. The Bertz CT molecular complexity index is 1600. The minimum Gasteiger partial charge on any atom is -0.291 e. The number of Topliss-reactive ketones (excluding diaryl/α,β-unsaturated/α-hetero) is 1. The average molecular weight is 551 g/mol. The van der Waals surface area contributed by atoms with E-state index in [9.17, 15) is 21.6 Å². The Morgan fingerprint density at radius 1 is 0.579 bits per heavy atom. The number of rotatable bonds is 10. The summed E-state index contributed by atoms with van der Waals surface area (Å²) in [4.78, 5) is 13.4. The van der Waals surface area contributed by atoms with E-state index in [1.165, 1.54) is 36.4 Å². The molecule has 0 fully saturated rings. The van der Waals surface area contributed by atoms with Crippen molar-refractivity contribution < 1.29 is 30.0 Å². The average Bonchev–Trinajstić information content (AvgIpc) is 2.92. The van der Waals surface area contributed by atoms with Crippen molar-refractivity contribution in [2.45, 2.75) is 35.8 Å². The third-order valence-corrected chi connectivity index (χ3v) is 8.42. The van der Waals surface area contributed by atoms with Crippen LogP contribution < -0.4 is 0 Å². The second-order valence-electron chi connectivity index (χ2n) is 8.71. The summed E-state index contributed by atoms with van der Waals surface area (Å²) < 4.78 is 64.4. The highest BCUT2D eigenvalue weighted by atomic mass is 32.2. The Kier molecular flexibility index (Phi) is 8.23. The summed E-state index contributed by atoms with van der Waals surface area (Å²) in [6.45, 7) is 3.61. The molecule has 0 radical (unpaired) electrons. The van der Waals surface area contributed by atoms with E-state index in [4.69, 9.17) is 8.37 Å². The SMILES string of the molecule is Cc1ccc(S(=O)(=O)OC(C(=O)c2ccccc2)C(OS(=O)(=O)c2ccc(C)cc2)c2ccccc2)cc1. The number of carbonyl (C=O) groups excluding carboxylic acids is 1. The van der Waals surface area contributed by atoms with E-state index in [0.717, 1.165) is 11.1 Å². The molecular formula is C29H26O7S2. The zero-order valence-electron chi connectivity index (χ0n) is 20.7. The maximum Gasteiger partial charge on any atom is 0.297 e. The van der Waals surface area contributed by atoms with Gasteiger partial charge in [0.2, 0.25) is 0 Å². The first-order valence-corrected chi connectivity index (χ1v) is 14.5. The van der Waals surface area contributed by atoms with Crippen LogP contribution in [0.3, 0.4) is 0 Å². The fourth-order valence-corrected chi connectivity index (χ4v) is 5.82. The van der Waals surface area contributed by atoms with Crippen LogP contribution in [0.1, 0.15) is 33.2 Å². The molecule has 4 rings (SSSR count). The van der Waals surface area contributed by atoms with Crippen LogP contribution in [0.25, 0.3) is 0 Å². The van der Waals surface area contributed by atoms with Gasteiger partial charge in [0, 0.05) is 5.56 Å². The first-order chi connectivity index (χ1) is 18.1. The zero-order valence-corrected chi connectivity index (χ0v) is 22.4. The summed E-state index contributed by atoms with van der Waals surface area (Å²) in [5.74, 6) is -0.755. The van der Waals surface area contributed by atoms with Gasteiger partial charge in [-0.15, -0.1) is 0 Å². The molecular weight excluding hydrogens is 524 g/mol. The number of aryl methyl sites for hydroxylation is 2. The fraction of sp³-hybridized carbons (Fsp3) is 0.138. The molecule has 9 heteroatoms. The van der Waals surface area contributed by atoms with E-state index >= 15 is 0 Å². The lowest BCUT2D eigenvalue weighted by Gasteiger charge is -2.26. The Hall–Kier alpha value is -3.63. The first-order valence-electron chi connectivity index (χ1n) is 11.7. The van der Waals surface area contributed by atoms with Crippen molar-refractivity contribution in [1.29, 1.82) is 0 Å². The van der Waals surface area contributed by atoms with Gasteiger partial charge in [0.25, 0.3) is 20.2 Å². The molecule has 4 aromatic carbocycles. The van der Waals surface area contributed by atoms with Crippen molar-refractivity contribution in [1.82, 2.24) is 0 Å². The molecule has 2 atom stereocenters. The number of hydrogen-bond acceptors (Lipinski definition) is 7. The van der Waals surface area contributed by atoms with Gasteiger partial charge in [-0.05, 0) is 43.7 Å². The topological polar surface area (TPSA) is 104 Å². The maximum absolute atomic E-state index is 13.7. The van der Waals surface area contributed by atoms with Gasteiger partial charge in [0.1, 0.15) is 6.10 Å². The predicted octanol–water partition coefficient (Wildman–Crippen LogP) is 5.41. The second-order valence-corrected chi connectivity index (χ2v) is 11.9. The van der Waals surface area contributed by atoms with Crippen molar-refractivity contribution in [3.63, 3.8) is 0 Å². The fourth-order valence-electron chi connectivity index (χ4n) is 3.72. The second kappa shape index (κ2) is 11.4. The van der Waals surface area contributed by atoms with E-state index in [0.29, 0.717) is 0 Å². The van der Waals surface area contributed by atoms with E-state index in [-0.39, 0.29) is 20.9 Å². The molecule has 0 amide bonds. The monoisotopic (exact) mass is 550 g/mol. The minimum absolute atomic E-state index is 0.133. The summed E-state index contributed by atoms with van der Waals surface area (Å²) in [7, 11) is -8.94. The van der Waals surface area contributed by atoms with Gasteiger partial charge in [0.15, 0.2) is 11.9 Å². The van der Waals surface area contributed by atoms with Crippen LogP contribution in [0.2, 0.25) is 0 Å². The van der Waals surface area contributed by atoms with Gasteiger partial charge >= 0.3 is 0 Å². The quantitative estimate of drug-likeness (QED) is 0.192. The van der Waals surface area contributed by atoms with Crippen LogP contribution in [-0.2, 0) is 28.6 Å². The highest BCUT2D eigenvalue weighted by Crippen LogP contribution is 2.32. The normalized spacial score (nSPS) is 13.5. The smallest absolute Gasteiger partial charge is 0.291 e. The van der Waals surface area contributed by atoms with Crippen molar-refractivity contribution >= 4 is 26.0 Å². The van der Waals surface area contributed by atoms with Crippen LogP contribution in [0, 0.1) is 13.8 Å². The van der Waals surface area contributed by atoms with Crippen LogP contribution >= 0.6 is 0 Å². The molecule has 196 valence electrons. The maximum atomic E-state index is 13.7. The minimum atomic E-state index is -4.50. The van der Waals surface area contributed by atoms with Crippen molar-refractivity contribution in [2.75, 3.05) is 0 Å². The van der Waals surface area contributed by atoms with Gasteiger partial charge in [-0.1, -0.05) is 96.1 Å². The Balaban J connectivity index is 1.83. The standard InChI is InChI=1S/C29H26O7S2/c1-21-13-17-25(18-14-21)37(31,32)35-28(24-11-7-4-8-12-24)29(27(30)23-9-5-3-6-10-23)36-38(33,34)26-19-15-22(2)16-20-26/h3-20,28-29H,1-2H3. The third kappa shape index (κ3) is 6.43. The summed E-state index contributed by atoms with van der Waals surface area (Å²) >= 11 is 0. The molecule has 7 nitrogen and oxygen atoms in total. The molecule has 4 aromatic rings. The lowest BCUT2D eigenvalue weighted by atomic mass is 9.97. The number of carbonyl (C=O) groups is 1. The van der Waals surface area contributed by atoms with Crippen LogP contribution in [-0.4, -0.2) is 28.7 Å². The van der Waals surface area contributed by atoms with Crippen molar-refractivity contribution in [3.05, 3.63) is 131 Å². The van der Waals surface area contributed by atoms with Gasteiger partial charge in [-0.2, -0.15) is 16.8 Å². The number of ketones is 1. The highest BCUT2D eigenvalue weighted by Gasteiger charge is 2.40. The van der Waals surface area contributed by atoms with Gasteiger partial charge in [-0.25, -0.2) is 0 Å².